The largest absolute Gasteiger partial charge is 0.428 e. The standard InChI is InChI=1S/C25H40O5/c1-18(14-16-28-22-13-8-9-15-27-22)11-10-12-19(2)20-17-21(25(6,7)30-20)29-23(26)24(3,4)5/h12,14,17,20,22H,8-11,13,15-16H2,1-7H3. The van der Waals surface area contributed by atoms with Crippen molar-refractivity contribution in [1.29, 1.82) is 0 Å². The number of allylic oxidation sites excluding steroid dienone is 2. The van der Waals surface area contributed by atoms with E-state index in [0.717, 1.165) is 37.9 Å². The first-order valence-electron chi connectivity index (χ1n) is 11.2. The van der Waals surface area contributed by atoms with E-state index in [1.54, 1.807) is 0 Å². The van der Waals surface area contributed by atoms with Crippen molar-refractivity contribution in [3.8, 4) is 0 Å². The second-order valence-corrected chi connectivity index (χ2v) is 9.89. The zero-order chi connectivity index (χ0) is 22.4. The maximum Gasteiger partial charge on any atom is 0.316 e. The predicted octanol–water partition coefficient (Wildman–Crippen LogP) is 5.85. The minimum atomic E-state index is -0.616. The summed E-state index contributed by atoms with van der Waals surface area (Å²) in [6.45, 7) is 15.0. The Morgan fingerprint density at radius 3 is 2.60 bits per heavy atom. The van der Waals surface area contributed by atoms with E-state index < -0.39 is 11.0 Å². The van der Waals surface area contributed by atoms with Crippen molar-refractivity contribution in [2.45, 2.75) is 98.6 Å². The molecule has 2 aliphatic rings. The molecule has 0 aromatic rings. The molecule has 0 aromatic heterocycles. The van der Waals surface area contributed by atoms with Crippen molar-refractivity contribution < 1.29 is 23.7 Å². The van der Waals surface area contributed by atoms with Gasteiger partial charge in [0.2, 0.25) is 0 Å². The topological polar surface area (TPSA) is 54.0 Å². The Balaban J connectivity index is 1.82. The molecule has 2 heterocycles. The molecule has 2 atom stereocenters. The lowest BCUT2D eigenvalue weighted by Gasteiger charge is -2.25. The fraction of sp³-hybridized carbons (Fsp3) is 0.720. The minimum Gasteiger partial charge on any atom is -0.428 e. The second-order valence-electron chi connectivity index (χ2n) is 9.89. The number of carbonyl (C=O) groups excluding carboxylic acids is 1. The molecule has 2 aliphatic heterocycles. The average molecular weight is 421 g/mol. The van der Waals surface area contributed by atoms with Crippen molar-refractivity contribution in [3.05, 3.63) is 35.1 Å². The van der Waals surface area contributed by atoms with Gasteiger partial charge in [0.25, 0.3) is 0 Å². The van der Waals surface area contributed by atoms with Gasteiger partial charge in [0, 0.05) is 6.61 Å². The van der Waals surface area contributed by atoms with Crippen LogP contribution in [-0.4, -0.2) is 37.2 Å². The van der Waals surface area contributed by atoms with Crippen LogP contribution < -0.4 is 0 Å². The molecule has 1 saturated heterocycles. The number of rotatable bonds is 8. The van der Waals surface area contributed by atoms with Gasteiger partial charge in [-0.05, 0) is 92.2 Å². The highest BCUT2D eigenvalue weighted by atomic mass is 16.7. The summed E-state index contributed by atoms with van der Waals surface area (Å²) < 4.78 is 23.1. The number of carbonyl (C=O) groups is 1. The predicted molar refractivity (Wildman–Crippen MR) is 119 cm³/mol. The summed E-state index contributed by atoms with van der Waals surface area (Å²) in [7, 11) is 0. The lowest BCUT2D eigenvalue weighted by molar-refractivity contribution is -0.155. The van der Waals surface area contributed by atoms with E-state index in [1.807, 2.05) is 40.7 Å². The molecule has 0 amide bonds. The maximum atomic E-state index is 12.3. The molecule has 0 aromatic carbocycles. The number of hydrogen-bond acceptors (Lipinski definition) is 5. The summed E-state index contributed by atoms with van der Waals surface area (Å²) >= 11 is 0. The van der Waals surface area contributed by atoms with Crippen LogP contribution in [0, 0.1) is 5.41 Å². The highest BCUT2D eigenvalue weighted by molar-refractivity contribution is 5.76. The van der Waals surface area contributed by atoms with E-state index in [0.29, 0.717) is 12.4 Å². The van der Waals surface area contributed by atoms with Crippen molar-refractivity contribution in [1.82, 2.24) is 0 Å². The van der Waals surface area contributed by atoms with E-state index in [4.69, 9.17) is 18.9 Å². The van der Waals surface area contributed by atoms with Gasteiger partial charge in [-0.25, -0.2) is 0 Å². The third-order valence-electron chi connectivity index (χ3n) is 5.44. The lowest BCUT2D eigenvalue weighted by Crippen LogP contribution is -2.30. The quantitative estimate of drug-likeness (QED) is 0.364. The summed E-state index contributed by atoms with van der Waals surface area (Å²) in [5.74, 6) is 0.354. The van der Waals surface area contributed by atoms with Gasteiger partial charge in [-0.3, -0.25) is 4.79 Å². The molecule has 2 unspecified atom stereocenters. The van der Waals surface area contributed by atoms with Gasteiger partial charge < -0.3 is 18.9 Å². The Hall–Kier alpha value is -1.43. The first-order chi connectivity index (χ1) is 14.0. The Bertz CT molecular complexity index is 672. The molecule has 0 N–H and O–H groups in total. The van der Waals surface area contributed by atoms with Crippen LogP contribution >= 0.6 is 0 Å². The van der Waals surface area contributed by atoms with Crippen LogP contribution in [0.1, 0.15) is 80.6 Å². The Morgan fingerprint density at radius 2 is 1.97 bits per heavy atom. The number of esters is 1. The summed E-state index contributed by atoms with van der Waals surface area (Å²) in [5.41, 5.74) is 1.27. The molecule has 5 nitrogen and oxygen atoms in total. The summed E-state index contributed by atoms with van der Waals surface area (Å²) in [5, 5.41) is 0. The van der Waals surface area contributed by atoms with Crippen molar-refractivity contribution in [2.24, 2.45) is 5.41 Å². The fourth-order valence-corrected chi connectivity index (χ4v) is 3.27. The first kappa shape index (κ1) is 24.8. The van der Waals surface area contributed by atoms with Crippen LogP contribution in [0.2, 0.25) is 0 Å². The molecule has 0 bridgehead atoms. The van der Waals surface area contributed by atoms with Gasteiger partial charge in [-0.15, -0.1) is 0 Å². The van der Waals surface area contributed by atoms with Gasteiger partial charge in [0.15, 0.2) is 6.29 Å². The summed E-state index contributed by atoms with van der Waals surface area (Å²) in [6.07, 6.45) is 11.3. The number of ether oxygens (including phenoxy) is 4. The highest BCUT2D eigenvalue weighted by Gasteiger charge is 2.39. The molecule has 170 valence electrons. The Morgan fingerprint density at radius 1 is 1.23 bits per heavy atom. The normalized spacial score (nSPS) is 25.2. The van der Waals surface area contributed by atoms with Gasteiger partial charge in [0.05, 0.1) is 12.0 Å². The molecule has 0 aliphatic carbocycles. The lowest BCUT2D eigenvalue weighted by atomic mass is 9.97. The molecular weight excluding hydrogens is 380 g/mol. The van der Waals surface area contributed by atoms with Crippen LogP contribution in [0.15, 0.2) is 35.1 Å². The summed E-state index contributed by atoms with van der Waals surface area (Å²) in [4.78, 5) is 12.3. The van der Waals surface area contributed by atoms with Gasteiger partial charge >= 0.3 is 5.97 Å². The van der Waals surface area contributed by atoms with Gasteiger partial charge in [0.1, 0.15) is 17.5 Å². The van der Waals surface area contributed by atoms with E-state index in [1.165, 1.54) is 12.0 Å². The van der Waals surface area contributed by atoms with E-state index >= 15 is 0 Å². The summed E-state index contributed by atoms with van der Waals surface area (Å²) in [6, 6.07) is 0. The molecule has 5 heteroatoms. The molecule has 2 rings (SSSR count). The molecule has 0 saturated carbocycles. The smallest absolute Gasteiger partial charge is 0.316 e. The highest BCUT2D eigenvalue weighted by Crippen LogP contribution is 2.35. The molecule has 30 heavy (non-hydrogen) atoms. The third kappa shape index (κ3) is 7.68. The first-order valence-corrected chi connectivity index (χ1v) is 11.2. The van der Waals surface area contributed by atoms with E-state index in [9.17, 15) is 4.79 Å². The minimum absolute atomic E-state index is 0.0406. The zero-order valence-corrected chi connectivity index (χ0v) is 19.9. The van der Waals surface area contributed by atoms with Crippen LogP contribution in [0.4, 0.5) is 0 Å². The average Bonchev–Trinajstić information content (AvgIpc) is 2.96. The SMILES string of the molecule is CC(=CCOC1CCCCO1)CCC=C(C)C1C=C(OC(=O)C(C)(C)C)C(C)(C)O1. The van der Waals surface area contributed by atoms with Crippen LogP contribution in [-0.2, 0) is 23.7 Å². The Labute approximate surface area is 182 Å². The van der Waals surface area contributed by atoms with Crippen LogP contribution in [0.3, 0.4) is 0 Å². The fourth-order valence-electron chi connectivity index (χ4n) is 3.27. The van der Waals surface area contributed by atoms with Crippen LogP contribution in [0.5, 0.6) is 0 Å². The molecule has 0 spiro atoms. The molecule has 1 fully saturated rings. The zero-order valence-electron chi connectivity index (χ0n) is 19.9. The van der Waals surface area contributed by atoms with E-state index in [-0.39, 0.29) is 18.4 Å². The van der Waals surface area contributed by atoms with Gasteiger partial charge in [-0.2, -0.15) is 0 Å². The van der Waals surface area contributed by atoms with E-state index in [2.05, 4.69) is 26.0 Å². The Kier molecular flexibility index (Phi) is 8.89. The molecule has 0 radical (unpaired) electrons. The maximum absolute atomic E-state index is 12.3. The third-order valence-corrected chi connectivity index (χ3v) is 5.44. The molecular formula is C25H40O5. The second kappa shape index (κ2) is 10.7. The van der Waals surface area contributed by atoms with Crippen molar-refractivity contribution in [3.63, 3.8) is 0 Å². The van der Waals surface area contributed by atoms with Crippen LogP contribution in [0.25, 0.3) is 0 Å². The number of hydrogen-bond donors (Lipinski definition) is 0. The van der Waals surface area contributed by atoms with Crippen molar-refractivity contribution in [2.75, 3.05) is 13.2 Å². The van der Waals surface area contributed by atoms with Crippen molar-refractivity contribution >= 4 is 5.97 Å². The monoisotopic (exact) mass is 420 g/mol. The van der Waals surface area contributed by atoms with Gasteiger partial charge in [-0.1, -0.05) is 17.7 Å².